The van der Waals surface area contributed by atoms with E-state index in [4.69, 9.17) is 17.3 Å². The molecule has 0 unspecified atom stereocenters. The number of fused-ring (bicyclic) bond motifs is 1. The molecule has 0 fully saturated rings. The lowest BCUT2D eigenvalue weighted by Crippen LogP contribution is -1.97. The molecule has 0 aliphatic heterocycles. The van der Waals surface area contributed by atoms with E-state index in [1.807, 2.05) is 18.2 Å². The van der Waals surface area contributed by atoms with E-state index in [2.05, 4.69) is 38.8 Å². The second kappa shape index (κ2) is 5.29. The van der Waals surface area contributed by atoms with Crippen LogP contribution in [0, 0.1) is 0 Å². The average molecular weight is 356 g/mol. The minimum atomic E-state index is 0.541. The van der Waals surface area contributed by atoms with E-state index in [0.717, 1.165) is 26.4 Å². The van der Waals surface area contributed by atoms with E-state index >= 15 is 0 Å². The Morgan fingerprint density at radius 1 is 1.26 bits per heavy atom. The van der Waals surface area contributed by atoms with E-state index < -0.39 is 0 Å². The number of hydrogen-bond donors (Lipinski definition) is 1. The molecule has 0 aliphatic rings. The lowest BCUT2D eigenvalue weighted by molar-refractivity contribution is 0.843. The molecule has 19 heavy (non-hydrogen) atoms. The van der Waals surface area contributed by atoms with Crippen molar-refractivity contribution in [2.24, 2.45) is 5.73 Å². The van der Waals surface area contributed by atoms with E-state index in [0.29, 0.717) is 6.54 Å². The van der Waals surface area contributed by atoms with E-state index in [1.165, 1.54) is 10.3 Å². The molecule has 3 aromatic rings. The van der Waals surface area contributed by atoms with Gasteiger partial charge in [-0.15, -0.1) is 11.3 Å². The number of benzene rings is 1. The molecule has 98 valence electrons. The number of halogens is 2. The van der Waals surface area contributed by atoms with Gasteiger partial charge in [-0.25, -0.2) is 0 Å². The molecule has 0 amide bonds. The molecule has 3 rings (SSSR count). The smallest absolute Gasteiger partial charge is 0.0702 e. The summed E-state index contributed by atoms with van der Waals surface area (Å²) in [5.74, 6) is 0. The summed E-state index contributed by atoms with van der Waals surface area (Å²) in [6.45, 7) is 1.38. The van der Waals surface area contributed by atoms with Gasteiger partial charge in [0.1, 0.15) is 0 Å². The molecule has 0 saturated carbocycles. The SMILES string of the molecule is NCc1cn(Cc2ccc(Br)s2)c2cc(Cl)ccc12. The minimum Gasteiger partial charge on any atom is -0.342 e. The Morgan fingerprint density at radius 2 is 2.11 bits per heavy atom. The fourth-order valence-corrected chi connectivity index (χ4v) is 3.89. The molecule has 2 heterocycles. The molecule has 0 aliphatic carbocycles. The summed E-state index contributed by atoms with van der Waals surface area (Å²) in [5.41, 5.74) is 8.11. The summed E-state index contributed by atoms with van der Waals surface area (Å²) in [7, 11) is 0. The first-order chi connectivity index (χ1) is 9.17. The molecular formula is C14H12BrClN2S. The van der Waals surface area contributed by atoms with Crippen LogP contribution in [0.5, 0.6) is 0 Å². The van der Waals surface area contributed by atoms with Crippen molar-refractivity contribution in [1.29, 1.82) is 0 Å². The second-order valence-electron chi connectivity index (χ2n) is 4.35. The van der Waals surface area contributed by atoms with Gasteiger partial charge in [0, 0.05) is 28.0 Å². The predicted molar refractivity (Wildman–Crippen MR) is 86.0 cm³/mol. The Hall–Kier alpha value is -0.810. The normalized spacial score (nSPS) is 11.3. The van der Waals surface area contributed by atoms with Gasteiger partial charge in [0.2, 0.25) is 0 Å². The number of hydrogen-bond acceptors (Lipinski definition) is 2. The zero-order chi connectivity index (χ0) is 13.4. The van der Waals surface area contributed by atoms with E-state index in [-0.39, 0.29) is 0 Å². The maximum atomic E-state index is 6.10. The van der Waals surface area contributed by atoms with Gasteiger partial charge in [-0.05, 0) is 45.8 Å². The first-order valence-electron chi connectivity index (χ1n) is 5.89. The minimum absolute atomic E-state index is 0.541. The molecule has 0 atom stereocenters. The number of nitrogens with zero attached hydrogens (tertiary/aromatic N) is 1. The fraction of sp³-hybridized carbons (Fsp3) is 0.143. The van der Waals surface area contributed by atoms with Gasteiger partial charge in [-0.2, -0.15) is 0 Å². The van der Waals surface area contributed by atoms with Gasteiger partial charge in [0.15, 0.2) is 0 Å². The Bertz CT molecular complexity index is 732. The highest BCUT2D eigenvalue weighted by Crippen LogP contribution is 2.28. The molecule has 0 saturated heterocycles. The van der Waals surface area contributed by atoms with Gasteiger partial charge < -0.3 is 10.3 Å². The predicted octanol–water partition coefficient (Wildman–Crippen LogP) is 4.63. The van der Waals surface area contributed by atoms with Crippen LogP contribution >= 0.6 is 38.9 Å². The van der Waals surface area contributed by atoms with Crippen LogP contribution in [0.1, 0.15) is 10.4 Å². The van der Waals surface area contributed by atoms with Crippen molar-refractivity contribution < 1.29 is 0 Å². The molecular weight excluding hydrogens is 344 g/mol. The van der Waals surface area contributed by atoms with Crippen LogP contribution < -0.4 is 5.73 Å². The Labute approximate surface area is 128 Å². The second-order valence-corrected chi connectivity index (χ2v) is 7.34. The lowest BCUT2D eigenvalue weighted by atomic mass is 10.2. The molecule has 0 radical (unpaired) electrons. The van der Waals surface area contributed by atoms with Crippen LogP contribution in [-0.2, 0) is 13.1 Å². The first kappa shape index (κ1) is 13.2. The van der Waals surface area contributed by atoms with E-state index in [1.54, 1.807) is 11.3 Å². The third kappa shape index (κ3) is 2.58. The quantitative estimate of drug-likeness (QED) is 0.730. The van der Waals surface area contributed by atoms with Crippen LogP contribution in [0.3, 0.4) is 0 Å². The Morgan fingerprint density at radius 3 is 2.79 bits per heavy atom. The number of nitrogens with two attached hydrogens (primary N) is 1. The maximum absolute atomic E-state index is 6.10. The molecule has 1 aromatic carbocycles. The molecule has 0 spiro atoms. The monoisotopic (exact) mass is 354 g/mol. The highest BCUT2D eigenvalue weighted by molar-refractivity contribution is 9.11. The summed E-state index contributed by atoms with van der Waals surface area (Å²) < 4.78 is 3.36. The first-order valence-corrected chi connectivity index (χ1v) is 7.87. The van der Waals surface area contributed by atoms with Crippen molar-refractivity contribution in [3.05, 3.63) is 55.8 Å². The summed E-state index contributed by atoms with van der Waals surface area (Å²) in [6.07, 6.45) is 2.12. The third-order valence-corrected chi connectivity index (χ3v) is 4.95. The zero-order valence-electron chi connectivity index (χ0n) is 10.1. The highest BCUT2D eigenvalue weighted by atomic mass is 79.9. The maximum Gasteiger partial charge on any atom is 0.0702 e. The van der Waals surface area contributed by atoms with Crippen LogP contribution in [0.15, 0.2) is 40.3 Å². The Balaban J connectivity index is 2.09. The molecule has 0 bridgehead atoms. The van der Waals surface area contributed by atoms with Crippen molar-refractivity contribution >= 4 is 49.8 Å². The topological polar surface area (TPSA) is 30.9 Å². The zero-order valence-corrected chi connectivity index (χ0v) is 13.2. The van der Waals surface area contributed by atoms with Gasteiger partial charge >= 0.3 is 0 Å². The average Bonchev–Trinajstić information content (AvgIpc) is 2.94. The van der Waals surface area contributed by atoms with Crippen molar-refractivity contribution in [2.75, 3.05) is 0 Å². The van der Waals surface area contributed by atoms with Gasteiger partial charge in [-0.3, -0.25) is 0 Å². The largest absolute Gasteiger partial charge is 0.342 e. The lowest BCUT2D eigenvalue weighted by Gasteiger charge is -2.03. The summed E-state index contributed by atoms with van der Waals surface area (Å²) >= 11 is 11.3. The fourth-order valence-electron chi connectivity index (χ4n) is 2.24. The number of aromatic nitrogens is 1. The van der Waals surface area contributed by atoms with Crippen molar-refractivity contribution in [3.8, 4) is 0 Å². The van der Waals surface area contributed by atoms with Gasteiger partial charge in [0.25, 0.3) is 0 Å². The standard InChI is InChI=1S/C14H12BrClN2S/c15-14-4-2-11(19-14)8-18-7-9(6-17)12-3-1-10(16)5-13(12)18/h1-5,7H,6,8,17H2. The van der Waals surface area contributed by atoms with Crippen molar-refractivity contribution in [2.45, 2.75) is 13.1 Å². The van der Waals surface area contributed by atoms with Gasteiger partial charge in [0.05, 0.1) is 15.8 Å². The summed E-state index contributed by atoms with van der Waals surface area (Å²) in [4.78, 5) is 1.30. The third-order valence-electron chi connectivity index (χ3n) is 3.10. The summed E-state index contributed by atoms with van der Waals surface area (Å²) in [6, 6.07) is 10.2. The van der Waals surface area contributed by atoms with Crippen LogP contribution in [0.4, 0.5) is 0 Å². The van der Waals surface area contributed by atoms with Crippen molar-refractivity contribution in [3.63, 3.8) is 0 Å². The number of thiophene rings is 1. The van der Waals surface area contributed by atoms with Crippen LogP contribution in [0.25, 0.3) is 10.9 Å². The molecule has 5 heteroatoms. The molecule has 2 N–H and O–H groups in total. The Kier molecular flexibility index (Phi) is 3.67. The van der Waals surface area contributed by atoms with E-state index in [9.17, 15) is 0 Å². The highest BCUT2D eigenvalue weighted by Gasteiger charge is 2.09. The van der Waals surface area contributed by atoms with Gasteiger partial charge in [-0.1, -0.05) is 17.7 Å². The van der Waals surface area contributed by atoms with Crippen LogP contribution in [-0.4, -0.2) is 4.57 Å². The molecule has 2 nitrogen and oxygen atoms in total. The van der Waals surface area contributed by atoms with Crippen LogP contribution in [0.2, 0.25) is 5.02 Å². The van der Waals surface area contributed by atoms with Crippen molar-refractivity contribution in [1.82, 2.24) is 4.57 Å². The number of rotatable bonds is 3. The molecule has 2 aromatic heterocycles. The summed E-state index contributed by atoms with van der Waals surface area (Å²) in [5, 5.41) is 1.94.